The number of ether oxygens (including phenoxy) is 1. The number of rotatable bonds is 7. The number of fused-ring (bicyclic) bond motifs is 1. The van der Waals surface area contributed by atoms with Crippen LogP contribution < -0.4 is 10.5 Å². The monoisotopic (exact) mass is 289 g/mol. The Morgan fingerprint density at radius 2 is 2.05 bits per heavy atom. The molecule has 1 unspecified atom stereocenters. The molecule has 0 spiro atoms. The van der Waals surface area contributed by atoms with Crippen LogP contribution in [-0.4, -0.2) is 23.2 Å². The lowest BCUT2D eigenvalue weighted by Gasteiger charge is -2.19. The van der Waals surface area contributed by atoms with Crippen molar-refractivity contribution in [2.75, 3.05) is 13.7 Å². The zero-order valence-corrected chi connectivity index (χ0v) is 13.6. The van der Waals surface area contributed by atoms with Crippen molar-refractivity contribution in [3.8, 4) is 5.75 Å². The van der Waals surface area contributed by atoms with E-state index in [-0.39, 0.29) is 0 Å². The van der Waals surface area contributed by atoms with E-state index in [1.807, 2.05) is 12.1 Å². The Morgan fingerprint density at radius 3 is 2.67 bits per heavy atom. The number of aromatic nitrogens is 2. The molecule has 116 valence electrons. The van der Waals surface area contributed by atoms with Gasteiger partial charge in [0.15, 0.2) is 0 Å². The second kappa shape index (κ2) is 6.94. The molecular formula is C17H27N3O. The SMILES string of the molecule is COc1ccc2c(c1)nc(CCC(CCN)C(C)C)n2C. The van der Waals surface area contributed by atoms with Crippen LogP contribution >= 0.6 is 0 Å². The Kier molecular flexibility index (Phi) is 5.23. The third-order valence-corrected chi connectivity index (χ3v) is 4.40. The average molecular weight is 289 g/mol. The minimum absolute atomic E-state index is 0.670. The average Bonchev–Trinajstić information content (AvgIpc) is 2.79. The van der Waals surface area contributed by atoms with Crippen molar-refractivity contribution in [2.45, 2.75) is 33.1 Å². The van der Waals surface area contributed by atoms with Crippen molar-refractivity contribution < 1.29 is 4.74 Å². The molecule has 0 saturated heterocycles. The van der Waals surface area contributed by atoms with E-state index in [4.69, 9.17) is 15.5 Å². The van der Waals surface area contributed by atoms with Gasteiger partial charge >= 0.3 is 0 Å². The van der Waals surface area contributed by atoms with Crippen molar-refractivity contribution >= 4 is 11.0 Å². The minimum Gasteiger partial charge on any atom is -0.497 e. The van der Waals surface area contributed by atoms with Gasteiger partial charge in [-0.05, 0) is 43.4 Å². The molecule has 2 N–H and O–H groups in total. The lowest BCUT2D eigenvalue weighted by Crippen LogP contribution is -2.16. The quantitative estimate of drug-likeness (QED) is 0.852. The summed E-state index contributed by atoms with van der Waals surface area (Å²) < 4.78 is 7.46. The summed E-state index contributed by atoms with van der Waals surface area (Å²) in [6.07, 6.45) is 3.23. The van der Waals surface area contributed by atoms with Gasteiger partial charge in [-0.25, -0.2) is 4.98 Å². The van der Waals surface area contributed by atoms with E-state index in [0.29, 0.717) is 11.8 Å². The highest BCUT2D eigenvalue weighted by atomic mass is 16.5. The molecule has 0 aliphatic heterocycles. The number of methoxy groups -OCH3 is 1. The summed E-state index contributed by atoms with van der Waals surface area (Å²) in [6, 6.07) is 6.06. The molecule has 0 aliphatic rings. The normalized spacial score (nSPS) is 13.0. The molecule has 2 aromatic rings. The highest BCUT2D eigenvalue weighted by Crippen LogP contribution is 2.24. The molecule has 4 heteroatoms. The van der Waals surface area contributed by atoms with Crippen LogP contribution in [0.2, 0.25) is 0 Å². The molecule has 0 saturated carbocycles. The van der Waals surface area contributed by atoms with Gasteiger partial charge in [-0.15, -0.1) is 0 Å². The van der Waals surface area contributed by atoms with E-state index in [1.165, 1.54) is 0 Å². The van der Waals surface area contributed by atoms with Crippen LogP contribution in [0.15, 0.2) is 18.2 Å². The molecule has 1 heterocycles. The number of hydrogen-bond donors (Lipinski definition) is 1. The molecule has 0 bridgehead atoms. The van der Waals surface area contributed by atoms with Crippen LogP contribution in [-0.2, 0) is 13.5 Å². The summed E-state index contributed by atoms with van der Waals surface area (Å²) in [5.41, 5.74) is 7.89. The number of nitrogens with two attached hydrogens (primary N) is 1. The van der Waals surface area contributed by atoms with Crippen LogP contribution in [0.1, 0.15) is 32.5 Å². The predicted molar refractivity (Wildman–Crippen MR) is 87.6 cm³/mol. The van der Waals surface area contributed by atoms with Gasteiger partial charge in [-0.3, -0.25) is 0 Å². The van der Waals surface area contributed by atoms with Crippen LogP contribution in [0.5, 0.6) is 5.75 Å². The lowest BCUT2D eigenvalue weighted by atomic mass is 9.88. The molecule has 1 aromatic heterocycles. The molecule has 1 atom stereocenters. The maximum absolute atomic E-state index is 5.72. The predicted octanol–water partition coefficient (Wildman–Crippen LogP) is 3.14. The number of aryl methyl sites for hydroxylation is 2. The zero-order valence-electron chi connectivity index (χ0n) is 13.6. The Bertz CT molecular complexity index is 589. The summed E-state index contributed by atoms with van der Waals surface area (Å²) in [5, 5.41) is 0. The zero-order chi connectivity index (χ0) is 15.4. The topological polar surface area (TPSA) is 53.1 Å². The minimum atomic E-state index is 0.670. The first kappa shape index (κ1) is 15.8. The summed E-state index contributed by atoms with van der Waals surface area (Å²) in [5.74, 6) is 3.34. The van der Waals surface area contributed by atoms with Crippen LogP contribution in [0.25, 0.3) is 11.0 Å². The second-order valence-electron chi connectivity index (χ2n) is 6.06. The smallest absolute Gasteiger partial charge is 0.121 e. The maximum atomic E-state index is 5.72. The van der Waals surface area contributed by atoms with Gasteiger partial charge in [0.25, 0.3) is 0 Å². The highest BCUT2D eigenvalue weighted by Gasteiger charge is 2.15. The van der Waals surface area contributed by atoms with E-state index >= 15 is 0 Å². The molecule has 0 fully saturated rings. The molecule has 0 aliphatic carbocycles. The fourth-order valence-electron chi connectivity index (χ4n) is 2.92. The van der Waals surface area contributed by atoms with Crippen molar-refractivity contribution in [3.63, 3.8) is 0 Å². The van der Waals surface area contributed by atoms with Gasteiger partial charge < -0.3 is 15.0 Å². The summed E-state index contributed by atoms with van der Waals surface area (Å²) >= 11 is 0. The largest absolute Gasteiger partial charge is 0.497 e. The Hall–Kier alpha value is -1.55. The van der Waals surface area contributed by atoms with Crippen LogP contribution in [0.4, 0.5) is 0 Å². The summed E-state index contributed by atoms with van der Waals surface area (Å²) in [6.45, 7) is 5.32. The third kappa shape index (κ3) is 3.56. The van der Waals surface area contributed by atoms with Crippen molar-refractivity contribution in [1.82, 2.24) is 9.55 Å². The molecule has 0 radical (unpaired) electrons. The molecule has 4 nitrogen and oxygen atoms in total. The van der Waals surface area contributed by atoms with E-state index in [2.05, 4.69) is 31.5 Å². The van der Waals surface area contributed by atoms with E-state index < -0.39 is 0 Å². The fraction of sp³-hybridized carbons (Fsp3) is 0.588. The maximum Gasteiger partial charge on any atom is 0.121 e. The van der Waals surface area contributed by atoms with Crippen molar-refractivity contribution in [2.24, 2.45) is 24.6 Å². The van der Waals surface area contributed by atoms with Crippen molar-refractivity contribution in [1.29, 1.82) is 0 Å². The van der Waals surface area contributed by atoms with E-state index in [1.54, 1.807) is 7.11 Å². The number of imidazole rings is 1. The third-order valence-electron chi connectivity index (χ3n) is 4.40. The first-order valence-corrected chi connectivity index (χ1v) is 7.76. The number of nitrogens with zero attached hydrogens (tertiary/aromatic N) is 2. The Balaban J connectivity index is 2.16. The highest BCUT2D eigenvalue weighted by molar-refractivity contribution is 5.77. The number of hydrogen-bond acceptors (Lipinski definition) is 3. The van der Waals surface area contributed by atoms with Gasteiger partial charge in [-0.2, -0.15) is 0 Å². The van der Waals surface area contributed by atoms with Gasteiger partial charge in [0, 0.05) is 19.5 Å². The first-order valence-electron chi connectivity index (χ1n) is 7.76. The van der Waals surface area contributed by atoms with Crippen LogP contribution in [0, 0.1) is 11.8 Å². The van der Waals surface area contributed by atoms with Gasteiger partial charge in [-0.1, -0.05) is 13.8 Å². The molecule has 1 aromatic carbocycles. The van der Waals surface area contributed by atoms with E-state index in [0.717, 1.165) is 48.4 Å². The number of benzene rings is 1. The van der Waals surface area contributed by atoms with Gasteiger partial charge in [0.1, 0.15) is 11.6 Å². The summed E-state index contributed by atoms with van der Waals surface area (Å²) in [7, 11) is 3.77. The Morgan fingerprint density at radius 1 is 1.29 bits per heavy atom. The molecule has 2 rings (SSSR count). The summed E-state index contributed by atoms with van der Waals surface area (Å²) in [4.78, 5) is 4.76. The second-order valence-corrected chi connectivity index (χ2v) is 6.06. The molecule has 21 heavy (non-hydrogen) atoms. The van der Waals surface area contributed by atoms with Gasteiger partial charge in [0.05, 0.1) is 18.1 Å². The standard InChI is InChI=1S/C17H27N3O/c1-12(2)13(9-10-18)5-8-17-19-15-11-14(21-4)6-7-16(15)20(17)3/h6-7,11-13H,5,8-10,18H2,1-4H3. The Labute approximate surface area is 127 Å². The van der Waals surface area contributed by atoms with Gasteiger partial charge in [0.2, 0.25) is 0 Å². The molecule has 0 amide bonds. The van der Waals surface area contributed by atoms with Crippen molar-refractivity contribution in [3.05, 3.63) is 24.0 Å². The van der Waals surface area contributed by atoms with E-state index in [9.17, 15) is 0 Å². The fourth-order valence-corrected chi connectivity index (χ4v) is 2.92. The molecular weight excluding hydrogens is 262 g/mol. The van der Waals surface area contributed by atoms with Crippen LogP contribution in [0.3, 0.4) is 0 Å². The lowest BCUT2D eigenvalue weighted by molar-refractivity contribution is 0.338. The first-order chi connectivity index (χ1) is 10.1.